The van der Waals surface area contributed by atoms with Crippen LogP contribution in [0.15, 0.2) is 18.5 Å². The number of thiophene rings is 1. The summed E-state index contributed by atoms with van der Waals surface area (Å²) >= 11 is 1.60. The van der Waals surface area contributed by atoms with Gasteiger partial charge in [-0.1, -0.05) is 6.42 Å². The van der Waals surface area contributed by atoms with E-state index in [9.17, 15) is 4.79 Å². The molecule has 0 amide bonds. The average molecular weight is 288 g/mol. The molecule has 0 atom stereocenters. The number of methoxy groups -OCH3 is 1. The highest BCUT2D eigenvalue weighted by Gasteiger charge is 2.21. The minimum absolute atomic E-state index is 0.0898. The van der Waals surface area contributed by atoms with E-state index in [1.807, 2.05) is 6.07 Å². The molecule has 0 radical (unpaired) electrons. The number of carbonyl (C=O) groups is 1. The molecular weight excluding hydrogens is 272 g/mol. The fraction of sp³-hybridized carbons (Fsp3) is 0.400. The number of aromatic nitrogens is 2. The molecule has 0 bridgehead atoms. The number of carbonyl (C=O) groups excluding carboxylic acids is 1. The van der Waals surface area contributed by atoms with Crippen LogP contribution in [0.5, 0.6) is 5.88 Å². The van der Waals surface area contributed by atoms with Gasteiger partial charge in [-0.05, 0) is 37.3 Å². The van der Waals surface area contributed by atoms with E-state index < -0.39 is 0 Å². The predicted molar refractivity (Wildman–Crippen MR) is 77.6 cm³/mol. The number of hydrogen-bond acceptors (Lipinski definition) is 5. The topological polar surface area (TPSA) is 52.1 Å². The second kappa shape index (κ2) is 5.71. The Morgan fingerprint density at radius 1 is 1.20 bits per heavy atom. The van der Waals surface area contributed by atoms with Crippen molar-refractivity contribution >= 4 is 17.1 Å². The number of aryl methyl sites for hydroxylation is 2. The van der Waals surface area contributed by atoms with Gasteiger partial charge in [0.25, 0.3) is 0 Å². The molecule has 0 saturated heterocycles. The predicted octanol–water partition coefficient (Wildman–Crippen LogP) is 3.05. The maximum atomic E-state index is 12.6. The van der Waals surface area contributed by atoms with Crippen molar-refractivity contribution in [1.29, 1.82) is 0 Å². The van der Waals surface area contributed by atoms with Crippen LogP contribution in [-0.4, -0.2) is 22.9 Å². The second-order valence-corrected chi connectivity index (χ2v) is 6.00. The number of ether oxygens (including phenoxy) is 1. The van der Waals surface area contributed by atoms with Crippen LogP contribution in [0.3, 0.4) is 0 Å². The van der Waals surface area contributed by atoms with Crippen molar-refractivity contribution in [3.63, 3.8) is 0 Å². The van der Waals surface area contributed by atoms with Crippen LogP contribution in [-0.2, 0) is 12.8 Å². The molecule has 0 saturated carbocycles. The van der Waals surface area contributed by atoms with Crippen molar-refractivity contribution in [3.8, 4) is 5.88 Å². The lowest BCUT2D eigenvalue weighted by Gasteiger charge is -2.03. The Bertz CT molecular complexity index is 613. The standard InChI is InChI=1S/C15H16N2O2S/c1-19-15-13(16-7-8-17-15)14(18)12-9-10-5-3-2-4-6-11(10)20-12/h7-9H,2-6H2,1H3. The number of hydrogen-bond donors (Lipinski definition) is 0. The fourth-order valence-corrected chi connectivity index (χ4v) is 3.72. The lowest BCUT2D eigenvalue weighted by molar-refractivity contribution is 0.103. The molecule has 0 N–H and O–H groups in total. The number of rotatable bonds is 3. The van der Waals surface area contributed by atoms with Gasteiger partial charge in [0.1, 0.15) is 0 Å². The molecule has 0 aliphatic heterocycles. The van der Waals surface area contributed by atoms with Gasteiger partial charge in [-0.3, -0.25) is 4.79 Å². The zero-order valence-corrected chi connectivity index (χ0v) is 12.2. The molecule has 4 nitrogen and oxygen atoms in total. The van der Waals surface area contributed by atoms with Crippen LogP contribution in [0.25, 0.3) is 0 Å². The molecule has 20 heavy (non-hydrogen) atoms. The zero-order valence-electron chi connectivity index (χ0n) is 11.4. The highest BCUT2D eigenvalue weighted by Crippen LogP contribution is 2.30. The van der Waals surface area contributed by atoms with Crippen molar-refractivity contribution in [2.45, 2.75) is 32.1 Å². The Morgan fingerprint density at radius 3 is 2.85 bits per heavy atom. The fourth-order valence-electron chi connectivity index (χ4n) is 2.53. The first-order valence-electron chi connectivity index (χ1n) is 6.81. The van der Waals surface area contributed by atoms with Crippen molar-refractivity contribution in [1.82, 2.24) is 9.97 Å². The third-order valence-electron chi connectivity index (χ3n) is 3.54. The summed E-state index contributed by atoms with van der Waals surface area (Å²) in [5.41, 5.74) is 1.63. The molecule has 2 aromatic rings. The van der Waals surface area contributed by atoms with Crippen LogP contribution >= 0.6 is 11.3 Å². The van der Waals surface area contributed by atoms with Gasteiger partial charge in [0.05, 0.1) is 12.0 Å². The van der Waals surface area contributed by atoms with Crippen LogP contribution in [0.1, 0.15) is 45.1 Å². The Morgan fingerprint density at radius 2 is 2.00 bits per heavy atom. The monoisotopic (exact) mass is 288 g/mol. The number of nitrogens with zero attached hydrogens (tertiary/aromatic N) is 2. The van der Waals surface area contributed by atoms with Gasteiger partial charge in [0.2, 0.25) is 11.7 Å². The number of ketones is 1. The van der Waals surface area contributed by atoms with Crippen molar-refractivity contribution in [3.05, 3.63) is 39.5 Å². The molecule has 1 aliphatic carbocycles. The lowest BCUT2D eigenvalue weighted by atomic mass is 10.1. The van der Waals surface area contributed by atoms with E-state index >= 15 is 0 Å². The zero-order chi connectivity index (χ0) is 13.9. The second-order valence-electron chi connectivity index (χ2n) is 4.86. The summed E-state index contributed by atoms with van der Waals surface area (Å²) in [4.78, 5) is 22.8. The van der Waals surface area contributed by atoms with E-state index in [0.717, 1.165) is 17.7 Å². The van der Waals surface area contributed by atoms with Gasteiger partial charge in [0.15, 0.2) is 5.69 Å². The molecule has 0 aromatic carbocycles. The first-order chi connectivity index (χ1) is 9.79. The van der Waals surface area contributed by atoms with Gasteiger partial charge in [0, 0.05) is 17.3 Å². The van der Waals surface area contributed by atoms with E-state index in [1.165, 1.54) is 49.2 Å². The first kappa shape index (κ1) is 13.2. The molecule has 104 valence electrons. The molecule has 2 heterocycles. The van der Waals surface area contributed by atoms with Gasteiger partial charge in [-0.15, -0.1) is 11.3 Å². The smallest absolute Gasteiger partial charge is 0.243 e. The minimum atomic E-state index is -0.0898. The van der Waals surface area contributed by atoms with Gasteiger partial charge >= 0.3 is 0 Å². The summed E-state index contributed by atoms with van der Waals surface area (Å²) in [7, 11) is 1.50. The summed E-state index contributed by atoms with van der Waals surface area (Å²) in [6, 6.07) is 2.03. The van der Waals surface area contributed by atoms with E-state index in [2.05, 4.69) is 9.97 Å². The molecule has 0 fully saturated rings. The molecule has 2 aromatic heterocycles. The van der Waals surface area contributed by atoms with Crippen LogP contribution < -0.4 is 4.74 Å². The van der Waals surface area contributed by atoms with E-state index in [0.29, 0.717) is 11.6 Å². The quantitative estimate of drug-likeness (QED) is 0.643. The molecule has 3 rings (SSSR count). The van der Waals surface area contributed by atoms with Gasteiger partial charge in [-0.25, -0.2) is 9.97 Å². The largest absolute Gasteiger partial charge is 0.479 e. The Balaban J connectivity index is 1.95. The SMILES string of the molecule is COc1nccnc1C(=O)c1cc2c(s1)CCCCC2. The molecule has 5 heteroatoms. The third kappa shape index (κ3) is 2.45. The van der Waals surface area contributed by atoms with E-state index in [-0.39, 0.29) is 5.78 Å². The average Bonchev–Trinajstić information content (AvgIpc) is 2.77. The summed E-state index contributed by atoms with van der Waals surface area (Å²) in [5, 5.41) is 0. The Kier molecular flexibility index (Phi) is 3.78. The summed E-state index contributed by atoms with van der Waals surface area (Å²) in [5.74, 6) is 0.203. The minimum Gasteiger partial charge on any atom is -0.479 e. The molecule has 1 aliphatic rings. The van der Waals surface area contributed by atoms with E-state index in [1.54, 1.807) is 11.3 Å². The maximum absolute atomic E-state index is 12.6. The molecule has 0 spiro atoms. The van der Waals surface area contributed by atoms with E-state index in [4.69, 9.17) is 4.74 Å². The third-order valence-corrected chi connectivity index (χ3v) is 4.78. The van der Waals surface area contributed by atoms with Crippen molar-refractivity contribution in [2.24, 2.45) is 0 Å². The molecular formula is C15H16N2O2S. The first-order valence-corrected chi connectivity index (χ1v) is 7.62. The van der Waals surface area contributed by atoms with Crippen LogP contribution in [0.2, 0.25) is 0 Å². The maximum Gasteiger partial charge on any atom is 0.243 e. The normalized spacial score (nSPS) is 14.4. The van der Waals surface area contributed by atoms with Gasteiger partial charge in [-0.2, -0.15) is 0 Å². The van der Waals surface area contributed by atoms with Crippen LogP contribution in [0, 0.1) is 0 Å². The Hall–Kier alpha value is -1.75. The summed E-state index contributed by atoms with van der Waals surface area (Å²) in [6.07, 6.45) is 8.93. The summed E-state index contributed by atoms with van der Waals surface area (Å²) < 4.78 is 5.12. The highest BCUT2D eigenvalue weighted by atomic mass is 32.1. The summed E-state index contributed by atoms with van der Waals surface area (Å²) in [6.45, 7) is 0. The van der Waals surface area contributed by atoms with Crippen LogP contribution in [0.4, 0.5) is 0 Å². The van der Waals surface area contributed by atoms with Crippen molar-refractivity contribution < 1.29 is 9.53 Å². The lowest BCUT2D eigenvalue weighted by Crippen LogP contribution is -2.06. The molecule has 0 unspecified atom stereocenters. The highest BCUT2D eigenvalue weighted by molar-refractivity contribution is 7.14. The number of fused-ring (bicyclic) bond motifs is 1. The van der Waals surface area contributed by atoms with Crippen molar-refractivity contribution in [2.75, 3.05) is 7.11 Å². The van der Waals surface area contributed by atoms with Gasteiger partial charge < -0.3 is 4.74 Å². The Labute approximate surface area is 121 Å².